The standard InChI is InChI=1S/C16H32N8O4/c1-9-5-17-14(26)22-11(3)7-19-16(28)24-12(4)8-20-15(27)23-10(2)6-18-13(25)21-9/h9-12H,5-8H2,1-4H3,(H2,18,21,25)(H2,17,22,26)(H2,20,23,27)(H2,19,24,28)/t9-,10-,11-,12-/m0/s1. The first-order valence-electron chi connectivity index (χ1n) is 9.33. The van der Waals surface area contributed by atoms with Crippen LogP contribution in [0.2, 0.25) is 0 Å². The maximum Gasteiger partial charge on any atom is 0.315 e. The van der Waals surface area contributed by atoms with Gasteiger partial charge in [0.25, 0.3) is 0 Å². The third kappa shape index (κ3) is 10.3. The van der Waals surface area contributed by atoms with E-state index in [0.29, 0.717) is 0 Å². The Hall–Kier alpha value is -2.92. The first-order valence-corrected chi connectivity index (χ1v) is 9.33. The van der Waals surface area contributed by atoms with Gasteiger partial charge in [-0.15, -0.1) is 0 Å². The monoisotopic (exact) mass is 400 g/mol. The molecule has 0 saturated carbocycles. The lowest BCUT2D eigenvalue weighted by atomic mass is 10.3. The van der Waals surface area contributed by atoms with E-state index in [9.17, 15) is 19.2 Å². The van der Waals surface area contributed by atoms with Crippen LogP contribution in [0, 0.1) is 0 Å². The zero-order valence-electron chi connectivity index (χ0n) is 16.8. The maximum absolute atomic E-state index is 11.9. The normalized spacial score (nSPS) is 29.3. The van der Waals surface area contributed by atoms with Crippen molar-refractivity contribution in [3.63, 3.8) is 0 Å². The second-order valence-electron chi connectivity index (χ2n) is 7.02. The molecule has 4 atom stereocenters. The minimum atomic E-state index is -0.396. The smallest absolute Gasteiger partial charge is 0.315 e. The number of hydrogen-bond donors (Lipinski definition) is 8. The molecule has 0 bridgehead atoms. The highest BCUT2D eigenvalue weighted by Gasteiger charge is 2.15. The van der Waals surface area contributed by atoms with Crippen molar-refractivity contribution in [2.45, 2.75) is 51.9 Å². The van der Waals surface area contributed by atoms with Gasteiger partial charge in [-0.05, 0) is 27.7 Å². The second-order valence-corrected chi connectivity index (χ2v) is 7.02. The Morgan fingerprint density at radius 3 is 0.821 bits per heavy atom. The van der Waals surface area contributed by atoms with Crippen LogP contribution >= 0.6 is 0 Å². The van der Waals surface area contributed by atoms with Gasteiger partial charge in [0.1, 0.15) is 0 Å². The fourth-order valence-electron chi connectivity index (χ4n) is 2.29. The fraction of sp³-hybridized carbons (Fsp3) is 0.750. The Balaban J connectivity index is 2.64. The fourth-order valence-corrected chi connectivity index (χ4v) is 2.29. The van der Waals surface area contributed by atoms with Crippen LogP contribution < -0.4 is 42.5 Å². The highest BCUT2D eigenvalue weighted by atomic mass is 16.2. The molecule has 0 aromatic rings. The van der Waals surface area contributed by atoms with Crippen LogP contribution in [-0.2, 0) is 0 Å². The van der Waals surface area contributed by atoms with Crippen molar-refractivity contribution in [1.82, 2.24) is 42.5 Å². The summed E-state index contributed by atoms with van der Waals surface area (Å²) in [5.41, 5.74) is 0. The molecule has 0 aromatic heterocycles. The summed E-state index contributed by atoms with van der Waals surface area (Å²) in [7, 11) is 0. The summed E-state index contributed by atoms with van der Waals surface area (Å²) in [6.45, 7) is 7.91. The van der Waals surface area contributed by atoms with Gasteiger partial charge < -0.3 is 42.5 Å². The van der Waals surface area contributed by atoms with Crippen LogP contribution in [-0.4, -0.2) is 74.5 Å². The molecule has 0 aliphatic carbocycles. The molecule has 0 aromatic carbocycles. The van der Waals surface area contributed by atoms with Crippen LogP contribution in [0.4, 0.5) is 19.2 Å². The van der Waals surface area contributed by atoms with E-state index in [-0.39, 0.29) is 50.3 Å². The number of hydrogen-bond acceptors (Lipinski definition) is 4. The summed E-state index contributed by atoms with van der Waals surface area (Å²) in [6, 6.07) is -2.79. The van der Waals surface area contributed by atoms with Crippen LogP contribution in [0.15, 0.2) is 0 Å². The highest BCUT2D eigenvalue weighted by Crippen LogP contribution is 1.86. The summed E-state index contributed by atoms with van der Waals surface area (Å²) in [5, 5.41) is 21.4. The van der Waals surface area contributed by atoms with E-state index >= 15 is 0 Å². The number of amides is 8. The Labute approximate surface area is 164 Å². The van der Waals surface area contributed by atoms with Crippen molar-refractivity contribution in [3.05, 3.63) is 0 Å². The van der Waals surface area contributed by atoms with E-state index in [2.05, 4.69) is 42.5 Å². The number of carbonyl (C=O) groups is 4. The molecule has 0 radical (unpaired) electrons. The van der Waals surface area contributed by atoms with Gasteiger partial charge in [-0.3, -0.25) is 0 Å². The van der Waals surface area contributed by atoms with Gasteiger partial charge in [0, 0.05) is 50.3 Å². The van der Waals surface area contributed by atoms with Gasteiger partial charge >= 0.3 is 24.1 Å². The Bertz CT molecular complexity index is 463. The quantitative estimate of drug-likeness (QED) is 0.255. The molecule has 0 spiro atoms. The predicted molar refractivity (Wildman–Crippen MR) is 104 cm³/mol. The third-order valence-electron chi connectivity index (χ3n) is 3.79. The number of nitrogens with one attached hydrogen (secondary N) is 8. The minimum absolute atomic E-state index is 0.230. The molecule has 12 heteroatoms. The first kappa shape index (κ1) is 23.1. The van der Waals surface area contributed by atoms with Crippen molar-refractivity contribution in [2.24, 2.45) is 0 Å². The molecule has 0 unspecified atom stereocenters. The molecular formula is C16H32N8O4. The molecule has 1 rings (SSSR count). The SMILES string of the molecule is C[C@H]1CNC(=O)N[C@@H](C)CNC(=O)N[C@@H](C)CNC(=O)N[C@@H](C)CNC(=O)N1. The van der Waals surface area contributed by atoms with Crippen LogP contribution in [0.1, 0.15) is 27.7 Å². The van der Waals surface area contributed by atoms with Crippen LogP contribution in [0.3, 0.4) is 0 Å². The maximum atomic E-state index is 11.9. The van der Waals surface area contributed by atoms with Crippen molar-refractivity contribution >= 4 is 24.1 Å². The first-order chi connectivity index (χ1) is 13.2. The van der Waals surface area contributed by atoms with Crippen molar-refractivity contribution < 1.29 is 19.2 Å². The van der Waals surface area contributed by atoms with Gasteiger partial charge in [0.2, 0.25) is 0 Å². The van der Waals surface area contributed by atoms with E-state index in [1.54, 1.807) is 27.7 Å². The van der Waals surface area contributed by atoms with E-state index in [1.807, 2.05) is 0 Å². The van der Waals surface area contributed by atoms with E-state index < -0.39 is 24.1 Å². The molecule has 1 heterocycles. The molecule has 1 saturated heterocycles. The predicted octanol–water partition coefficient (Wildman–Crippen LogP) is -1.25. The second kappa shape index (κ2) is 11.7. The molecule has 1 fully saturated rings. The lowest BCUT2D eigenvalue weighted by Crippen LogP contribution is -2.54. The summed E-state index contributed by atoms with van der Waals surface area (Å²) in [4.78, 5) is 47.5. The lowest BCUT2D eigenvalue weighted by Gasteiger charge is -2.21. The number of urea groups is 4. The van der Waals surface area contributed by atoms with E-state index in [1.165, 1.54) is 0 Å². The average molecular weight is 400 g/mol. The van der Waals surface area contributed by atoms with Crippen molar-refractivity contribution in [3.8, 4) is 0 Å². The van der Waals surface area contributed by atoms with Gasteiger partial charge in [-0.1, -0.05) is 0 Å². The molecule has 160 valence electrons. The van der Waals surface area contributed by atoms with Gasteiger partial charge in [0.05, 0.1) is 0 Å². The number of rotatable bonds is 0. The van der Waals surface area contributed by atoms with Gasteiger partial charge in [-0.2, -0.15) is 0 Å². The van der Waals surface area contributed by atoms with E-state index in [4.69, 9.17) is 0 Å². The van der Waals surface area contributed by atoms with Gasteiger partial charge in [0.15, 0.2) is 0 Å². The largest absolute Gasteiger partial charge is 0.336 e. The molecule has 8 N–H and O–H groups in total. The van der Waals surface area contributed by atoms with Crippen molar-refractivity contribution in [2.75, 3.05) is 26.2 Å². The summed E-state index contributed by atoms with van der Waals surface area (Å²) in [5.74, 6) is 0. The Morgan fingerprint density at radius 1 is 0.464 bits per heavy atom. The molecule has 28 heavy (non-hydrogen) atoms. The molecule has 8 amide bonds. The average Bonchev–Trinajstić information content (AvgIpc) is 2.60. The zero-order chi connectivity index (χ0) is 21.1. The van der Waals surface area contributed by atoms with Gasteiger partial charge in [-0.25, -0.2) is 19.2 Å². The van der Waals surface area contributed by atoms with Crippen molar-refractivity contribution in [1.29, 1.82) is 0 Å². The topological polar surface area (TPSA) is 165 Å². The Kier molecular flexibility index (Phi) is 9.68. The van der Waals surface area contributed by atoms with Crippen LogP contribution in [0.5, 0.6) is 0 Å². The molecule has 1 aliphatic heterocycles. The molecular weight excluding hydrogens is 368 g/mol. The Morgan fingerprint density at radius 2 is 0.643 bits per heavy atom. The number of carbonyl (C=O) groups excluding carboxylic acids is 4. The van der Waals surface area contributed by atoms with Crippen LogP contribution in [0.25, 0.3) is 0 Å². The summed E-state index contributed by atoms with van der Waals surface area (Å²) >= 11 is 0. The minimum Gasteiger partial charge on any atom is -0.336 e. The van der Waals surface area contributed by atoms with E-state index in [0.717, 1.165) is 0 Å². The summed E-state index contributed by atoms with van der Waals surface area (Å²) in [6.07, 6.45) is 0. The molecule has 1 aliphatic rings. The zero-order valence-corrected chi connectivity index (χ0v) is 16.8. The highest BCUT2D eigenvalue weighted by molar-refractivity contribution is 5.77. The summed E-state index contributed by atoms with van der Waals surface area (Å²) < 4.78 is 0. The lowest BCUT2D eigenvalue weighted by molar-refractivity contribution is 0.226. The third-order valence-corrected chi connectivity index (χ3v) is 3.79. The molecule has 12 nitrogen and oxygen atoms in total.